The molecule has 3 amide bonds. The number of nitrogens with zero attached hydrogens (tertiary/aromatic N) is 1. The molecule has 1 atom stereocenters. The zero-order chi connectivity index (χ0) is 28.9. The van der Waals surface area contributed by atoms with Crippen molar-refractivity contribution in [2.24, 2.45) is 0 Å². The third-order valence-corrected chi connectivity index (χ3v) is 6.58. The minimum Gasteiger partial charge on any atom is -0.444 e. The molecule has 0 fully saturated rings. The van der Waals surface area contributed by atoms with Gasteiger partial charge < -0.3 is 20.3 Å². The van der Waals surface area contributed by atoms with E-state index in [1.165, 1.54) is 24.3 Å². The van der Waals surface area contributed by atoms with Crippen molar-refractivity contribution < 1.29 is 27.9 Å². The number of alkyl carbamates (subject to hydrolysis) is 1. The first-order valence-electron chi connectivity index (χ1n) is 13.1. The Kier molecular flexibility index (Phi) is 8.82. The Bertz CT molecular complexity index is 1280. The summed E-state index contributed by atoms with van der Waals surface area (Å²) in [6, 6.07) is 18.2. The van der Waals surface area contributed by atoms with Crippen LogP contribution < -0.4 is 10.6 Å². The van der Waals surface area contributed by atoms with Gasteiger partial charge in [0.1, 0.15) is 23.3 Å². The van der Waals surface area contributed by atoms with Crippen LogP contribution in [0.3, 0.4) is 0 Å². The van der Waals surface area contributed by atoms with Gasteiger partial charge >= 0.3 is 6.09 Å². The van der Waals surface area contributed by atoms with Crippen molar-refractivity contribution in [1.29, 1.82) is 0 Å². The molecular weight excluding hydrogens is 516 g/mol. The third kappa shape index (κ3) is 7.65. The van der Waals surface area contributed by atoms with Gasteiger partial charge in [0.05, 0.1) is 6.42 Å². The average Bonchev–Trinajstić information content (AvgIpc) is 3.33. The molecule has 210 valence electrons. The van der Waals surface area contributed by atoms with E-state index in [2.05, 4.69) is 10.6 Å². The molecule has 2 N–H and O–H groups in total. The van der Waals surface area contributed by atoms with Gasteiger partial charge in [0.15, 0.2) is 0 Å². The van der Waals surface area contributed by atoms with Crippen LogP contribution in [0.5, 0.6) is 0 Å². The maximum atomic E-state index is 13.6. The fourth-order valence-electron chi connectivity index (χ4n) is 4.65. The second kappa shape index (κ2) is 12.3. The van der Waals surface area contributed by atoms with E-state index < -0.39 is 47.1 Å². The van der Waals surface area contributed by atoms with Crippen molar-refractivity contribution in [2.75, 3.05) is 6.54 Å². The SMILES string of the molecule is CC(C)(C)OC(=O)N[C@@H](CC(=O)NCC(c1ccc(F)cc1)c1ccc(F)cc1)C(=O)N1Cc2ccccc2C1. The van der Waals surface area contributed by atoms with E-state index in [1.807, 2.05) is 24.3 Å². The summed E-state index contributed by atoms with van der Waals surface area (Å²) in [5.41, 5.74) is 2.68. The van der Waals surface area contributed by atoms with Crippen molar-refractivity contribution in [3.63, 3.8) is 0 Å². The first-order chi connectivity index (χ1) is 19.0. The summed E-state index contributed by atoms with van der Waals surface area (Å²) in [6.45, 7) is 5.98. The van der Waals surface area contributed by atoms with Gasteiger partial charge in [-0.05, 0) is 67.3 Å². The van der Waals surface area contributed by atoms with E-state index in [0.29, 0.717) is 13.1 Å². The van der Waals surface area contributed by atoms with Crippen LogP contribution in [0.15, 0.2) is 72.8 Å². The number of fused-ring (bicyclic) bond motifs is 1. The second-order valence-electron chi connectivity index (χ2n) is 10.8. The fraction of sp³-hybridized carbons (Fsp3) is 0.323. The lowest BCUT2D eigenvalue weighted by atomic mass is 9.91. The van der Waals surface area contributed by atoms with E-state index in [1.54, 1.807) is 49.9 Å². The molecule has 0 spiro atoms. The molecule has 0 saturated carbocycles. The zero-order valence-corrected chi connectivity index (χ0v) is 22.7. The van der Waals surface area contributed by atoms with Crippen LogP contribution in [0.2, 0.25) is 0 Å². The van der Waals surface area contributed by atoms with Crippen LogP contribution in [0.4, 0.5) is 13.6 Å². The second-order valence-corrected chi connectivity index (χ2v) is 10.8. The Morgan fingerprint density at radius 1 is 0.850 bits per heavy atom. The largest absolute Gasteiger partial charge is 0.444 e. The molecule has 4 rings (SSSR count). The molecule has 0 aliphatic carbocycles. The van der Waals surface area contributed by atoms with Gasteiger partial charge in [0, 0.05) is 25.6 Å². The minimum atomic E-state index is -1.15. The number of amides is 3. The standard InChI is InChI=1S/C31H33F2N3O4/c1-31(2,3)40-30(39)35-27(29(38)36-18-22-6-4-5-7-23(22)19-36)16-28(37)34-17-26(20-8-12-24(32)13-9-20)21-10-14-25(33)15-11-21/h4-15,26-27H,16-19H2,1-3H3,(H,34,37)(H,35,39)/t27-/m0/s1. The van der Waals surface area contributed by atoms with Crippen LogP contribution >= 0.6 is 0 Å². The van der Waals surface area contributed by atoms with Gasteiger partial charge in [-0.1, -0.05) is 48.5 Å². The van der Waals surface area contributed by atoms with Crippen molar-refractivity contribution in [3.8, 4) is 0 Å². The first-order valence-corrected chi connectivity index (χ1v) is 13.1. The Hall–Kier alpha value is -4.27. The summed E-state index contributed by atoms with van der Waals surface area (Å²) in [5, 5.41) is 5.41. The number of hydrogen-bond donors (Lipinski definition) is 2. The quantitative estimate of drug-likeness (QED) is 0.412. The molecule has 40 heavy (non-hydrogen) atoms. The molecule has 9 heteroatoms. The predicted molar refractivity (Wildman–Crippen MR) is 146 cm³/mol. The summed E-state index contributed by atoms with van der Waals surface area (Å²) in [6.07, 6.45) is -1.12. The van der Waals surface area contributed by atoms with Gasteiger partial charge in [-0.2, -0.15) is 0 Å². The smallest absolute Gasteiger partial charge is 0.408 e. The molecule has 1 heterocycles. The maximum absolute atomic E-state index is 13.6. The number of hydrogen-bond acceptors (Lipinski definition) is 4. The van der Waals surface area contributed by atoms with Crippen molar-refractivity contribution in [1.82, 2.24) is 15.5 Å². The third-order valence-electron chi connectivity index (χ3n) is 6.58. The van der Waals surface area contributed by atoms with Crippen molar-refractivity contribution in [2.45, 2.75) is 57.8 Å². The molecule has 0 bridgehead atoms. The lowest BCUT2D eigenvalue weighted by Gasteiger charge is -2.26. The van der Waals surface area contributed by atoms with E-state index in [0.717, 1.165) is 22.3 Å². The number of carbonyl (C=O) groups is 3. The number of nitrogens with one attached hydrogen (secondary N) is 2. The van der Waals surface area contributed by atoms with Gasteiger partial charge in [-0.15, -0.1) is 0 Å². The van der Waals surface area contributed by atoms with Crippen LogP contribution in [-0.2, 0) is 27.4 Å². The first kappa shape index (κ1) is 28.7. The number of rotatable bonds is 8. The van der Waals surface area contributed by atoms with Crippen molar-refractivity contribution >= 4 is 17.9 Å². The summed E-state index contributed by atoms with van der Waals surface area (Å²) in [7, 11) is 0. The van der Waals surface area contributed by atoms with Gasteiger partial charge in [0.25, 0.3) is 0 Å². The van der Waals surface area contributed by atoms with Crippen LogP contribution in [0.25, 0.3) is 0 Å². The molecule has 0 saturated heterocycles. The van der Waals surface area contributed by atoms with Crippen LogP contribution in [0, 0.1) is 11.6 Å². The molecule has 0 radical (unpaired) electrons. The van der Waals surface area contributed by atoms with E-state index in [-0.39, 0.29) is 13.0 Å². The number of halogens is 2. The van der Waals surface area contributed by atoms with E-state index in [4.69, 9.17) is 4.74 Å². The summed E-state index contributed by atoms with van der Waals surface area (Å²) < 4.78 is 32.5. The van der Waals surface area contributed by atoms with Gasteiger partial charge in [-0.25, -0.2) is 13.6 Å². The maximum Gasteiger partial charge on any atom is 0.408 e. The molecule has 1 aliphatic heterocycles. The Balaban J connectivity index is 1.48. The number of benzene rings is 3. The Morgan fingerprint density at radius 2 is 1.35 bits per heavy atom. The predicted octanol–water partition coefficient (Wildman–Crippen LogP) is 5.04. The molecule has 1 aliphatic rings. The molecule has 0 aromatic heterocycles. The van der Waals surface area contributed by atoms with Crippen LogP contribution in [0.1, 0.15) is 55.4 Å². The van der Waals surface area contributed by atoms with Crippen molar-refractivity contribution in [3.05, 3.63) is 107 Å². The highest BCUT2D eigenvalue weighted by molar-refractivity contribution is 5.91. The molecule has 3 aromatic carbocycles. The van der Waals surface area contributed by atoms with E-state index >= 15 is 0 Å². The monoisotopic (exact) mass is 549 g/mol. The Morgan fingerprint density at radius 3 is 1.82 bits per heavy atom. The fourth-order valence-corrected chi connectivity index (χ4v) is 4.65. The number of carbonyl (C=O) groups excluding carboxylic acids is 3. The minimum absolute atomic E-state index is 0.110. The lowest BCUT2D eigenvalue weighted by molar-refractivity contribution is -0.136. The summed E-state index contributed by atoms with van der Waals surface area (Å²) in [4.78, 5) is 40.8. The topological polar surface area (TPSA) is 87.7 Å². The van der Waals surface area contributed by atoms with E-state index in [9.17, 15) is 23.2 Å². The Labute approximate surface area is 232 Å². The highest BCUT2D eigenvalue weighted by Gasteiger charge is 2.33. The average molecular weight is 550 g/mol. The molecular formula is C31H33F2N3O4. The molecule has 7 nitrogen and oxygen atoms in total. The van der Waals surface area contributed by atoms with Gasteiger partial charge in [-0.3, -0.25) is 9.59 Å². The summed E-state index contributed by atoms with van der Waals surface area (Å²) >= 11 is 0. The van der Waals surface area contributed by atoms with Gasteiger partial charge in [0.2, 0.25) is 11.8 Å². The number of ether oxygens (including phenoxy) is 1. The highest BCUT2D eigenvalue weighted by atomic mass is 19.1. The highest BCUT2D eigenvalue weighted by Crippen LogP contribution is 2.26. The zero-order valence-electron chi connectivity index (χ0n) is 22.7. The summed E-state index contributed by atoms with van der Waals surface area (Å²) in [5.74, 6) is -2.06. The molecule has 0 unspecified atom stereocenters. The lowest BCUT2D eigenvalue weighted by Crippen LogP contribution is -2.50. The normalized spacial score (nSPS) is 13.5. The molecule has 3 aromatic rings. The van der Waals surface area contributed by atoms with Crippen LogP contribution in [-0.4, -0.2) is 41.0 Å².